The molecule has 0 rings (SSSR count). The van der Waals surface area contributed by atoms with Crippen LogP contribution in [0.3, 0.4) is 0 Å². The van der Waals surface area contributed by atoms with Gasteiger partial charge in [-0.15, -0.1) is 12.6 Å². The predicted octanol–water partition coefficient (Wildman–Crippen LogP) is 0.664. The standard InChI is InChI=1S/C3H8N2OS.C2HCl3O2/c4-3(7)5-1-2-6;3-2(4,5)1(6)7/h6H,1-2H2,(H3,4,5,7);(H,6,7). The Hall–Kier alpha value is 0.120. The summed E-state index contributed by atoms with van der Waals surface area (Å²) in [5.74, 6) is -1.46. The van der Waals surface area contributed by atoms with Gasteiger partial charge in [-0.2, -0.15) is 0 Å². The molecular weight excluding hydrogens is 274 g/mol. The highest BCUT2D eigenvalue weighted by molar-refractivity contribution is 7.96. The lowest BCUT2D eigenvalue weighted by Gasteiger charge is -1.99. The monoisotopic (exact) mass is 282 g/mol. The fourth-order valence-corrected chi connectivity index (χ4v) is 0.265. The Labute approximate surface area is 101 Å². The van der Waals surface area contributed by atoms with Gasteiger partial charge in [0.1, 0.15) is 0 Å². The van der Waals surface area contributed by atoms with E-state index in [1.54, 1.807) is 0 Å². The van der Waals surface area contributed by atoms with Crippen molar-refractivity contribution < 1.29 is 15.0 Å². The number of aliphatic carboxylic acids is 1. The number of carboxylic acids is 1. The van der Waals surface area contributed by atoms with Gasteiger partial charge in [0.15, 0.2) is 5.17 Å². The largest absolute Gasteiger partial charge is 0.478 e. The van der Waals surface area contributed by atoms with Crippen LogP contribution in [0.5, 0.6) is 0 Å². The summed E-state index contributed by atoms with van der Waals surface area (Å²) in [5.41, 5.74) is 4.98. The summed E-state index contributed by atoms with van der Waals surface area (Å²) in [6, 6.07) is 0. The molecule has 0 saturated carbocycles. The number of rotatable bonds is 2. The van der Waals surface area contributed by atoms with Crippen molar-refractivity contribution in [2.24, 2.45) is 10.7 Å². The molecule has 0 aromatic rings. The van der Waals surface area contributed by atoms with Crippen molar-refractivity contribution in [3.8, 4) is 0 Å². The Morgan fingerprint density at radius 1 is 1.50 bits per heavy atom. The summed E-state index contributed by atoms with van der Waals surface area (Å²) in [5, 5.41) is 16.2. The second-order valence-electron chi connectivity index (χ2n) is 1.77. The van der Waals surface area contributed by atoms with Gasteiger partial charge >= 0.3 is 5.97 Å². The minimum Gasteiger partial charge on any atom is -0.478 e. The highest BCUT2D eigenvalue weighted by atomic mass is 35.6. The minimum atomic E-state index is -2.17. The van der Waals surface area contributed by atoms with Gasteiger partial charge in [0.25, 0.3) is 3.79 Å². The zero-order valence-corrected chi connectivity index (χ0v) is 9.98. The van der Waals surface area contributed by atoms with Crippen molar-refractivity contribution in [3.05, 3.63) is 0 Å². The molecule has 14 heavy (non-hydrogen) atoms. The van der Waals surface area contributed by atoms with Crippen LogP contribution in [0.4, 0.5) is 0 Å². The van der Waals surface area contributed by atoms with Gasteiger partial charge in [-0.25, -0.2) is 4.79 Å². The lowest BCUT2D eigenvalue weighted by Crippen LogP contribution is -2.16. The van der Waals surface area contributed by atoms with Crippen LogP contribution in [-0.4, -0.2) is 38.3 Å². The van der Waals surface area contributed by atoms with Crippen molar-refractivity contribution in [3.63, 3.8) is 0 Å². The van der Waals surface area contributed by atoms with Crippen LogP contribution in [0.1, 0.15) is 0 Å². The SMILES string of the molecule is NC(S)=NCCO.O=C(O)C(Cl)(Cl)Cl. The van der Waals surface area contributed by atoms with Crippen molar-refractivity contribution in [1.29, 1.82) is 0 Å². The Balaban J connectivity index is 0. The molecule has 5 nitrogen and oxygen atoms in total. The van der Waals surface area contributed by atoms with E-state index in [9.17, 15) is 4.79 Å². The van der Waals surface area contributed by atoms with E-state index in [1.165, 1.54) is 0 Å². The van der Waals surface area contributed by atoms with Crippen LogP contribution in [-0.2, 0) is 4.79 Å². The van der Waals surface area contributed by atoms with Gasteiger partial charge in [0.2, 0.25) is 0 Å². The van der Waals surface area contributed by atoms with Gasteiger partial charge in [-0.1, -0.05) is 34.8 Å². The molecular formula is C5H9Cl3N2O3S. The zero-order chi connectivity index (χ0) is 11.8. The first-order valence-corrected chi connectivity index (χ1v) is 4.69. The van der Waals surface area contributed by atoms with Gasteiger partial charge in [-0.3, -0.25) is 4.99 Å². The fourth-order valence-electron chi connectivity index (χ4n) is 0.165. The van der Waals surface area contributed by atoms with E-state index in [2.05, 4.69) is 17.6 Å². The Bertz CT molecular complexity index is 203. The second kappa shape index (κ2) is 8.43. The maximum atomic E-state index is 9.62. The van der Waals surface area contributed by atoms with Gasteiger partial charge in [0.05, 0.1) is 13.2 Å². The molecule has 0 aliphatic heterocycles. The van der Waals surface area contributed by atoms with E-state index in [0.717, 1.165) is 0 Å². The molecule has 0 saturated heterocycles. The van der Waals surface area contributed by atoms with E-state index in [0.29, 0.717) is 6.54 Å². The summed E-state index contributed by atoms with van der Waals surface area (Å²) >= 11 is 18.0. The van der Waals surface area contributed by atoms with Crippen LogP contribution in [0.25, 0.3) is 0 Å². The molecule has 0 atom stereocenters. The predicted molar refractivity (Wildman–Crippen MR) is 60.5 cm³/mol. The molecule has 0 aliphatic rings. The van der Waals surface area contributed by atoms with Gasteiger partial charge < -0.3 is 15.9 Å². The Kier molecular flexibility index (Phi) is 9.96. The first-order chi connectivity index (χ1) is 6.21. The minimum absolute atomic E-state index is 0.0290. The quantitative estimate of drug-likeness (QED) is 0.259. The molecule has 0 radical (unpaired) electrons. The lowest BCUT2D eigenvalue weighted by molar-refractivity contribution is -0.135. The first kappa shape index (κ1) is 16.5. The number of aliphatic hydroxyl groups is 1. The molecule has 0 heterocycles. The van der Waals surface area contributed by atoms with Crippen LogP contribution < -0.4 is 5.73 Å². The number of aliphatic hydroxyl groups excluding tert-OH is 1. The number of hydrogen-bond donors (Lipinski definition) is 4. The molecule has 0 amide bonds. The van der Waals surface area contributed by atoms with Gasteiger partial charge in [0, 0.05) is 0 Å². The van der Waals surface area contributed by atoms with E-state index >= 15 is 0 Å². The third-order valence-corrected chi connectivity index (χ3v) is 1.24. The van der Waals surface area contributed by atoms with Crippen LogP contribution in [0, 0.1) is 0 Å². The molecule has 0 unspecified atom stereocenters. The van der Waals surface area contributed by atoms with Crippen LogP contribution >= 0.6 is 47.4 Å². The molecule has 0 fully saturated rings. The molecule has 0 aromatic carbocycles. The number of amidine groups is 1. The number of carbonyl (C=O) groups is 1. The maximum Gasteiger partial charge on any atom is 0.356 e. The summed E-state index contributed by atoms with van der Waals surface area (Å²) in [7, 11) is 0. The second-order valence-corrected chi connectivity index (χ2v) is 4.51. The normalized spacial score (nSPS) is 11.6. The first-order valence-electron chi connectivity index (χ1n) is 3.11. The highest BCUT2D eigenvalue weighted by Gasteiger charge is 2.29. The maximum absolute atomic E-state index is 9.62. The summed E-state index contributed by atoms with van der Waals surface area (Å²) in [6.45, 7) is 0.372. The average molecular weight is 284 g/mol. The number of nitrogens with two attached hydrogens (primary N) is 1. The number of hydrogen-bond acceptors (Lipinski definition) is 3. The molecule has 0 aliphatic carbocycles. The van der Waals surface area contributed by atoms with Crippen molar-refractivity contribution in [1.82, 2.24) is 0 Å². The fraction of sp³-hybridized carbons (Fsp3) is 0.600. The summed E-state index contributed by atoms with van der Waals surface area (Å²) in [6.07, 6.45) is 0. The highest BCUT2D eigenvalue weighted by Crippen LogP contribution is 2.25. The summed E-state index contributed by atoms with van der Waals surface area (Å²) < 4.78 is -2.17. The molecule has 4 N–H and O–H groups in total. The zero-order valence-electron chi connectivity index (χ0n) is 6.82. The van der Waals surface area contributed by atoms with E-state index in [4.69, 9.17) is 50.7 Å². The van der Waals surface area contributed by atoms with E-state index < -0.39 is 9.76 Å². The third kappa shape index (κ3) is 14.6. The Morgan fingerprint density at radius 2 is 1.86 bits per heavy atom. The summed E-state index contributed by atoms with van der Waals surface area (Å²) in [4.78, 5) is 13.2. The topological polar surface area (TPSA) is 95.9 Å². The number of thiol groups is 1. The number of halogens is 3. The number of aliphatic imine (C=N–C) groups is 1. The molecule has 9 heteroatoms. The molecule has 0 bridgehead atoms. The molecule has 0 spiro atoms. The van der Waals surface area contributed by atoms with Crippen LogP contribution in [0.2, 0.25) is 0 Å². The van der Waals surface area contributed by atoms with Gasteiger partial charge in [-0.05, 0) is 0 Å². The van der Waals surface area contributed by atoms with E-state index in [1.807, 2.05) is 0 Å². The van der Waals surface area contributed by atoms with Crippen molar-refractivity contribution >= 4 is 58.6 Å². The average Bonchev–Trinajstić information content (AvgIpc) is 2.00. The van der Waals surface area contributed by atoms with Crippen molar-refractivity contribution in [2.75, 3.05) is 13.2 Å². The number of carboxylic acid groups (broad SMARTS) is 1. The molecule has 0 aromatic heterocycles. The van der Waals surface area contributed by atoms with Crippen molar-refractivity contribution in [2.45, 2.75) is 3.79 Å². The number of nitrogens with zero attached hydrogens (tertiary/aromatic N) is 1. The lowest BCUT2D eigenvalue weighted by atomic mass is 10.7. The van der Waals surface area contributed by atoms with E-state index in [-0.39, 0.29) is 11.8 Å². The Morgan fingerprint density at radius 3 is 1.93 bits per heavy atom. The third-order valence-electron chi connectivity index (χ3n) is 0.616. The smallest absolute Gasteiger partial charge is 0.356 e. The van der Waals surface area contributed by atoms with Crippen LogP contribution in [0.15, 0.2) is 4.99 Å². The molecule has 84 valence electrons. The number of alkyl halides is 3.